The van der Waals surface area contributed by atoms with Gasteiger partial charge in [0.25, 0.3) is 5.56 Å². The highest BCUT2D eigenvalue weighted by molar-refractivity contribution is 5.27. The topological polar surface area (TPSA) is 69.2 Å². The lowest BCUT2D eigenvalue weighted by atomic mass is 10.0. The van der Waals surface area contributed by atoms with Crippen LogP contribution < -0.4 is 5.56 Å². The second-order valence-electron chi connectivity index (χ2n) is 7.40. The molecule has 2 aromatic rings. The molecule has 0 saturated carbocycles. The number of fused-ring (bicyclic) bond motifs is 1. The van der Waals surface area contributed by atoms with E-state index in [1.165, 1.54) is 5.56 Å². The van der Waals surface area contributed by atoms with E-state index in [9.17, 15) is 9.90 Å². The van der Waals surface area contributed by atoms with Crippen molar-refractivity contribution in [2.75, 3.05) is 13.1 Å². The molecule has 5 heteroatoms. The molecular weight excluding hydrogens is 314 g/mol. The van der Waals surface area contributed by atoms with E-state index in [4.69, 9.17) is 4.98 Å². The second-order valence-corrected chi connectivity index (χ2v) is 7.40. The maximum atomic E-state index is 12.5. The van der Waals surface area contributed by atoms with Crippen LogP contribution in [-0.2, 0) is 19.4 Å². The lowest BCUT2D eigenvalue weighted by molar-refractivity contribution is 0.0704. The summed E-state index contributed by atoms with van der Waals surface area (Å²) in [4.78, 5) is 22.3. The van der Waals surface area contributed by atoms with Crippen LogP contribution in [0.5, 0.6) is 0 Å². The summed E-state index contributed by atoms with van der Waals surface area (Å²) in [5.41, 5.74) is 3.96. The zero-order chi connectivity index (χ0) is 18.0. The summed E-state index contributed by atoms with van der Waals surface area (Å²) in [6, 6.07) is 8.27. The number of aliphatic hydroxyl groups excluding tert-OH is 1. The first-order chi connectivity index (χ1) is 11.9. The Bertz CT molecular complexity index is 798. The Morgan fingerprint density at radius 1 is 1.36 bits per heavy atom. The normalized spacial score (nSPS) is 16.0. The number of aromatic amines is 1. The molecule has 2 heterocycles. The zero-order valence-corrected chi connectivity index (χ0v) is 15.2. The minimum Gasteiger partial charge on any atom is -0.392 e. The molecule has 1 aromatic heterocycles. The highest BCUT2D eigenvalue weighted by Gasteiger charge is 2.23. The molecule has 0 aliphatic carbocycles. The molecule has 1 atom stereocenters. The van der Waals surface area contributed by atoms with Crippen molar-refractivity contribution in [1.82, 2.24) is 14.9 Å². The molecule has 2 N–H and O–H groups in total. The first-order valence-corrected chi connectivity index (χ1v) is 8.99. The maximum Gasteiger partial charge on any atom is 0.255 e. The second kappa shape index (κ2) is 7.50. The predicted molar refractivity (Wildman–Crippen MR) is 98.7 cm³/mol. The molecule has 1 aromatic carbocycles. The number of aliphatic hydroxyl groups is 1. The summed E-state index contributed by atoms with van der Waals surface area (Å²) in [5.74, 6) is 0.944. The van der Waals surface area contributed by atoms with E-state index in [1.807, 2.05) is 19.9 Å². The van der Waals surface area contributed by atoms with Gasteiger partial charge in [0.15, 0.2) is 0 Å². The van der Waals surface area contributed by atoms with Gasteiger partial charge < -0.3 is 10.1 Å². The van der Waals surface area contributed by atoms with E-state index in [2.05, 4.69) is 35.0 Å². The number of hydrogen-bond donors (Lipinski definition) is 2. The molecule has 25 heavy (non-hydrogen) atoms. The van der Waals surface area contributed by atoms with Crippen LogP contribution in [0.15, 0.2) is 29.1 Å². The lowest BCUT2D eigenvalue weighted by Crippen LogP contribution is -2.41. The molecule has 0 radical (unpaired) electrons. The average molecular weight is 341 g/mol. The Kier molecular flexibility index (Phi) is 5.35. The molecule has 0 saturated heterocycles. The summed E-state index contributed by atoms with van der Waals surface area (Å²) in [6.07, 6.45) is 1.03. The van der Waals surface area contributed by atoms with Crippen LogP contribution in [0, 0.1) is 12.8 Å². The SMILES string of the molecule is Cc1cccc(Cc2nc3c(c(=O)[nH]2)CN(CC(O)C(C)C)CC3)c1. The number of hydrogen-bond acceptors (Lipinski definition) is 4. The van der Waals surface area contributed by atoms with Crippen LogP contribution in [0.2, 0.25) is 0 Å². The molecule has 1 aliphatic rings. The fourth-order valence-corrected chi connectivity index (χ4v) is 3.26. The van der Waals surface area contributed by atoms with Crippen LogP contribution in [0.1, 0.15) is 42.1 Å². The fraction of sp³-hybridized carbons (Fsp3) is 0.500. The lowest BCUT2D eigenvalue weighted by Gasteiger charge is -2.30. The molecule has 5 nitrogen and oxygen atoms in total. The number of nitrogens with one attached hydrogen (secondary N) is 1. The summed E-state index contributed by atoms with van der Waals surface area (Å²) >= 11 is 0. The molecule has 0 amide bonds. The molecule has 0 bridgehead atoms. The third kappa shape index (κ3) is 4.35. The number of nitrogens with zero attached hydrogens (tertiary/aromatic N) is 2. The first-order valence-electron chi connectivity index (χ1n) is 8.99. The molecule has 1 unspecified atom stereocenters. The monoisotopic (exact) mass is 341 g/mol. The van der Waals surface area contributed by atoms with Crippen molar-refractivity contribution >= 4 is 0 Å². The predicted octanol–water partition coefficient (Wildman–Crippen LogP) is 2.04. The van der Waals surface area contributed by atoms with Crippen LogP contribution in [0.3, 0.4) is 0 Å². The minimum absolute atomic E-state index is 0.0450. The largest absolute Gasteiger partial charge is 0.392 e. The highest BCUT2D eigenvalue weighted by atomic mass is 16.3. The Labute approximate surface area is 148 Å². The van der Waals surface area contributed by atoms with E-state index in [-0.39, 0.29) is 17.6 Å². The molecule has 0 spiro atoms. The quantitative estimate of drug-likeness (QED) is 0.873. The Morgan fingerprint density at radius 2 is 2.16 bits per heavy atom. The van der Waals surface area contributed by atoms with Gasteiger partial charge in [-0.15, -0.1) is 0 Å². The summed E-state index contributed by atoms with van der Waals surface area (Å²) in [7, 11) is 0. The molecule has 1 aliphatic heterocycles. The smallest absolute Gasteiger partial charge is 0.255 e. The number of aromatic nitrogens is 2. The third-order valence-electron chi connectivity index (χ3n) is 4.87. The number of aryl methyl sites for hydroxylation is 1. The van der Waals surface area contributed by atoms with Gasteiger partial charge in [-0.3, -0.25) is 9.69 Å². The molecular formula is C20H27N3O2. The Hall–Kier alpha value is -1.98. The van der Waals surface area contributed by atoms with Crippen LogP contribution in [0.25, 0.3) is 0 Å². The van der Waals surface area contributed by atoms with Crippen LogP contribution >= 0.6 is 0 Å². The number of H-pyrrole nitrogens is 1. The average Bonchev–Trinajstić information content (AvgIpc) is 2.55. The van der Waals surface area contributed by atoms with Gasteiger partial charge in [-0.25, -0.2) is 4.98 Å². The fourth-order valence-electron chi connectivity index (χ4n) is 3.26. The van der Waals surface area contributed by atoms with E-state index in [0.717, 1.165) is 35.6 Å². The van der Waals surface area contributed by atoms with Gasteiger partial charge in [-0.05, 0) is 18.4 Å². The van der Waals surface area contributed by atoms with Gasteiger partial charge in [-0.1, -0.05) is 43.7 Å². The van der Waals surface area contributed by atoms with Crippen molar-refractivity contribution in [2.24, 2.45) is 5.92 Å². The van der Waals surface area contributed by atoms with Crippen molar-refractivity contribution in [1.29, 1.82) is 0 Å². The minimum atomic E-state index is -0.366. The standard InChI is InChI=1S/C20H27N3O2/c1-13(2)18(24)12-23-8-7-17-16(11-23)20(25)22-19(21-17)10-15-6-4-5-14(3)9-15/h4-6,9,13,18,24H,7-8,10-12H2,1-3H3,(H,21,22,25). The van der Waals surface area contributed by atoms with Gasteiger partial charge in [-0.2, -0.15) is 0 Å². The van der Waals surface area contributed by atoms with E-state index >= 15 is 0 Å². The number of benzene rings is 1. The van der Waals surface area contributed by atoms with Crippen molar-refractivity contribution in [3.8, 4) is 0 Å². The first kappa shape index (κ1) is 17.8. The van der Waals surface area contributed by atoms with Gasteiger partial charge in [0, 0.05) is 32.5 Å². The summed E-state index contributed by atoms with van der Waals surface area (Å²) in [5, 5.41) is 10.1. The van der Waals surface area contributed by atoms with Crippen molar-refractivity contribution in [2.45, 2.75) is 46.3 Å². The Balaban J connectivity index is 1.76. The third-order valence-corrected chi connectivity index (χ3v) is 4.87. The Morgan fingerprint density at radius 3 is 2.88 bits per heavy atom. The molecule has 134 valence electrons. The maximum absolute atomic E-state index is 12.5. The van der Waals surface area contributed by atoms with Crippen LogP contribution in [-0.4, -0.2) is 39.2 Å². The van der Waals surface area contributed by atoms with E-state index in [0.29, 0.717) is 19.5 Å². The van der Waals surface area contributed by atoms with Gasteiger partial charge in [0.05, 0.1) is 17.4 Å². The molecule has 3 rings (SSSR count). The summed E-state index contributed by atoms with van der Waals surface area (Å²) in [6.45, 7) is 8.07. The van der Waals surface area contributed by atoms with Gasteiger partial charge in [0.2, 0.25) is 0 Å². The van der Waals surface area contributed by atoms with Crippen molar-refractivity contribution in [3.63, 3.8) is 0 Å². The number of rotatable bonds is 5. The van der Waals surface area contributed by atoms with E-state index in [1.54, 1.807) is 0 Å². The number of β-amino-alcohol motifs (C(OH)–C–C–N with tert-alkyl or cyclic N) is 1. The van der Waals surface area contributed by atoms with E-state index < -0.39 is 0 Å². The van der Waals surface area contributed by atoms with Gasteiger partial charge >= 0.3 is 0 Å². The van der Waals surface area contributed by atoms with Crippen molar-refractivity contribution in [3.05, 3.63) is 62.8 Å². The highest BCUT2D eigenvalue weighted by Crippen LogP contribution is 2.16. The zero-order valence-electron chi connectivity index (χ0n) is 15.2. The van der Waals surface area contributed by atoms with Crippen LogP contribution in [0.4, 0.5) is 0 Å². The molecule has 0 fully saturated rings. The summed E-state index contributed by atoms with van der Waals surface area (Å²) < 4.78 is 0. The van der Waals surface area contributed by atoms with Gasteiger partial charge in [0.1, 0.15) is 5.82 Å². The van der Waals surface area contributed by atoms with Crippen molar-refractivity contribution < 1.29 is 5.11 Å².